The Kier molecular flexibility index (Phi) is 5.60. The van der Waals surface area contributed by atoms with Crippen LogP contribution in [0.25, 0.3) is 0 Å². The minimum absolute atomic E-state index is 0.0432. The van der Waals surface area contributed by atoms with E-state index in [0.717, 1.165) is 6.08 Å². The van der Waals surface area contributed by atoms with Gasteiger partial charge in [-0.1, -0.05) is 13.0 Å². The standard InChI is InChI=1S/C23H27BrF2O7/c1-20-9-17(29)23(26)11(5-14(25)12-6-15(27)13(24)8-21(12,23)2)10(20)3-4-22(20,33)19(32)16(28)7-18(30)31/h6,8,10-11,14,16-17,28-29,33H,3-5,7,9H2,1-2H3,(H,30,31)/t10-,11-,14+,16?,17-,20-,21-,22-,23-/m0/s1. The lowest BCUT2D eigenvalue weighted by Gasteiger charge is -2.63. The molecule has 1 unspecified atom stereocenters. The molecular formula is C23H27BrF2O7. The summed E-state index contributed by atoms with van der Waals surface area (Å²) in [4.78, 5) is 36.1. The average molecular weight is 533 g/mol. The Bertz CT molecular complexity index is 997. The van der Waals surface area contributed by atoms with Crippen molar-refractivity contribution in [2.45, 2.75) is 75.6 Å². The molecule has 0 aromatic heterocycles. The number of halogens is 3. The van der Waals surface area contributed by atoms with Crippen LogP contribution >= 0.6 is 15.9 Å². The number of Topliss-reactive ketones (excluding diaryl/α,β-unsaturated/α-hetero) is 1. The van der Waals surface area contributed by atoms with Crippen molar-refractivity contribution in [3.05, 3.63) is 22.2 Å². The summed E-state index contributed by atoms with van der Waals surface area (Å²) >= 11 is 3.11. The van der Waals surface area contributed by atoms with E-state index in [0.29, 0.717) is 0 Å². The molecule has 0 aromatic rings. The highest BCUT2D eigenvalue weighted by Gasteiger charge is 2.75. The lowest BCUT2D eigenvalue weighted by atomic mass is 9.44. The number of carboxylic acids is 1. The number of allylic oxidation sites excluding steroid dienone is 4. The number of aliphatic hydroxyl groups is 3. The first-order chi connectivity index (χ1) is 15.1. The zero-order valence-electron chi connectivity index (χ0n) is 18.2. The van der Waals surface area contributed by atoms with Crippen molar-refractivity contribution in [1.82, 2.24) is 0 Å². The number of fused-ring (bicyclic) bond motifs is 5. The summed E-state index contributed by atoms with van der Waals surface area (Å²) in [7, 11) is 0. The lowest BCUT2D eigenvalue weighted by molar-refractivity contribution is -0.223. The fourth-order valence-electron chi connectivity index (χ4n) is 7.20. The van der Waals surface area contributed by atoms with E-state index in [-0.39, 0.29) is 35.7 Å². The third-order valence-electron chi connectivity index (χ3n) is 8.92. The van der Waals surface area contributed by atoms with Crippen molar-refractivity contribution >= 4 is 33.5 Å². The SMILES string of the molecule is C[C@]12C=C(Br)C(=O)C=C1[C@H](F)C[C@H]1[C@@H]3CC[C@](O)(C(=O)C(O)CC(=O)O)[C@@]3(C)C[C@H](O)[C@@]12F. The number of hydrogen-bond acceptors (Lipinski definition) is 6. The quantitative estimate of drug-likeness (QED) is 0.436. The molecule has 0 bridgehead atoms. The number of alkyl halides is 2. The summed E-state index contributed by atoms with van der Waals surface area (Å²) in [6.07, 6.45) is -4.60. The normalized spacial score (nSPS) is 47.6. The number of aliphatic carboxylic acids is 1. The Labute approximate surface area is 197 Å². The molecule has 3 saturated carbocycles. The molecule has 0 amide bonds. The summed E-state index contributed by atoms with van der Waals surface area (Å²) in [5.41, 5.74) is -7.66. The van der Waals surface area contributed by atoms with Crippen LogP contribution in [0.2, 0.25) is 0 Å². The molecule has 182 valence electrons. The van der Waals surface area contributed by atoms with Crippen LogP contribution in [0.5, 0.6) is 0 Å². The predicted molar refractivity (Wildman–Crippen MR) is 115 cm³/mol. The number of carbonyl (C=O) groups excluding carboxylic acids is 2. The van der Waals surface area contributed by atoms with Crippen LogP contribution < -0.4 is 0 Å². The zero-order chi connectivity index (χ0) is 24.7. The van der Waals surface area contributed by atoms with E-state index in [2.05, 4.69) is 15.9 Å². The van der Waals surface area contributed by atoms with Crippen molar-refractivity contribution < 1.29 is 43.6 Å². The minimum Gasteiger partial charge on any atom is -0.481 e. The number of hydrogen-bond donors (Lipinski definition) is 4. The van der Waals surface area contributed by atoms with E-state index >= 15 is 8.78 Å². The van der Waals surface area contributed by atoms with Gasteiger partial charge < -0.3 is 20.4 Å². The Balaban J connectivity index is 1.79. The molecule has 7 nitrogen and oxygen atoms in total. The number of aliphatic hydroxyl groups excluding tert-OH is 2. The summed E-state index contributed by atoms with van der Waals surface area (Å²) < 4.78 is 32.5. The molecule has 0 radical (unpaired) electrons. The first-order valence-corrected chi connectivity index (χ1v) is 11.7. The van der Waals surface area contributed by atoms with Gasteiger partial charge in [0, 0.05) is 16.7 Å². The molecule has 9 atom stereocenters. The Morgan fingerprint density at radius 2 is 1.94 bits per heavy atom. The second-order valence-electron chi connectivity index (χ2n) is 10.4. The second-order valence-corrected chi connectivity index (χ2v) is 11.2. The minimum atomic E-state index is -2.38. The van der Waals surface area contributed by atoms with E-state index in [1.807, 2.05) is 0 Å². The summed E-state index contributed by atoms with van der Waals surface area (Å²) in [6, 6.07) is 0. The molecular weight excluding hydrogens is 506 g/mol. The number of ketones is 2. The van der Waals surface area contributed by atoms with Gasteiger partial charge in [-0.3, -0.25) is 14.4 Å². The molecule has 10 heteroatoms. The maximum atomic E-state index is 17.1. The fourth-order valence-corrected chi connectivity index (χ4v) is 7.77. The first-order valence-electron chi connectivity index (χ1n) is 11.0. The van der Waals surface area contributed by atoms with Crippen LogP contribution in [0.3, 0.4) is 0 Å². The van der Waals surface area contributed by atoms with Gasteiger partial charge in [0.25, 0.3) is 0 Å². The van der Waals surface area contributed by atoms with Gasteiger partial charge in [0.1, 0.15) is 17.9 Å². The molecule has 4 aliphatic rings. The third kappa shape index (κ3) is 3.03. The van der Waals surface area contributed by atoms with Gasteiger partial charge in [0.05, 0.1) is 17.0 Å². The van der Waals surface area contributed by atoms with Gasteiger partial charge >= 0.3 is 5.97 Å². The maximum Gasteiger partial charge on any atom is 0.306 e. The van der Waals surface area contributed by atoms with Crippen LogP contribution in [0, 0.1) is 22.7 Å². The van der Waals surface area contributed by atoms with E-state index in [1.54, 1.807) is 0 Å². The van der Waals surface area contributed by atoms with Crippen molar-refractivity contribution in [2.75, 3.05) is 0 Å². The van der Waals surface area contributed by atoms with Crippen molar-refractivity contribution in [3.63, 3.8) is 0 Å². The molecule has 33 heavy (non-hydrogen) atoms. The Hall–Kier alpha value is -1.49. The van der Waals surface area contributed by atoms with Gasteiger partial charge in [-0.25, -0.2) is 8.78 Å². The molecule has 0 heterocycles. The summed E-state index contributed by atoms with van der Waals surface area (Å²) in [6.45, 7) is 2.95. The summed E-state index contributed by atoms with van der Waals surface area (Å²) in [5, 5.41) is 41.7. The smallest absolute Gasteiger partial charge is 0.306 e. The van der Waals surface area contributed by atoms with Gasteiger partial charge in [0.15, 0.2) is 17.2 Å². The Morgan fingerprint density at radius 3 is 2.55 bits per heavy atom. The zero-order valence-corrected chi connectivity index (χ0v) is 19.8. The van der Waals surface area contributed by atoms with Crippen molar-refractivity contribution in [3.8, 4) is 0 Å². The number of carbonyl (C=O) groups is 3. The number of carboxylic acid groups (broad SMARTS) is 1. The average Bonchev–Trinajstić information content (AvgIpc) is 2.97. The van der Waals surface area contributed by atoms with Crippen LogP contribution in [-0.2, 0) is 14.4 Å². The van der Waals surface area contributed by atoms with Gasteiger partial charge in [-0.15, -0.1) is 0 Å². The van der Waals surface area contributed by atoms with Crippen LogP contribution in [0.4, 0.5) is 8.78 Å². The molecule has 4 aliphatic carbocycles. The molecule has 0 spiro atoms. The largest absolute Gasteiger partial charge is 0.481 e. The lowest BCUT2D eigenvalue weighted by Crippen LogP contribution is -2.70. The second kappa shape index (κ2) is 7.50. The highest BCUT2D eigenvalue weighted by Crippen LogP contribution is 2.70. The van der Waals surface area contributed by atoms with Crippen molar-refractivity contribution in [1.29, 1.82) is 0 Å². The molecule has 0 saturated heterocycles. The maximum absolute atomic E-state index is 17.1. The fraction of sp³-hybridized carbons (Fsp3) is 0.696. The number of rotatable bonds is 4. The highest BCUT2D eigenvalue weighted by molar-refractivity contribution is 9.12. The molecule has 0 aliphatic heterocycles. The third-order valence-corrected chi connectivity index (χ3v) is 9.54. The monoisotopic (exact) mass is 532 g/mol. The van der Waals surface area contributed by atoms with Crippen molar-refractivity contribution in [2.24, 2.45) is 22.7 Å². The predicted octanol–water partition coefficient (Wildman–Crippen LogP) is 2.16. The van der Waals surface area contributed by atoms with E-state index < -0.39 is 76.3 Å². The molecule has 4 N–H and O–H groups in total. The van der Waals surface area contributed by atoms with E-state index in [9.17, 15) is 29.7 Å². The van der Waals surface area contributed by atoms with E-state index in [1.165, 1.54) is 19.9 Å². The van der Waals surface area contributed by atoms with Crippen LogP contribution in [-0.4, -0.2) is 67.6 Å². The first kappa shape index (κ1) is 24.6. The van der Waals surface area contributed by atoms with Gasteiger partial charge in [-0.2, -0.15) is 0 Å². The van der Waals surface area contributed by atoms with Gasteiger partial charge in [0.2, 0.25) is 0 Å². The van der Waals surface area contributed by atoms with E-state index in [4.69, 9.17) is 5.11 Å². The molecule has 3 fully saturated rings. The summed E-state index contributed by atoms with van der Waals surface area (Å²) in [5.74, 6) is -4.81. The molecule has 4 rings (SSSR count). The Morgan fingerprint density at radius 1 is 1.30 bits per heavy atom. The van der Waals surface area contributed by atoms with Crippen LogP contribution in [0.1, 0.15) is 46.0 Å². The van der Waals surface area contributed by atoms with Crippen LogP contribution in [0.15, 0.2) is 22.2 Å². The topological polar surface area (TPSA) is 132 Å². The molecule has 0 aromatic carbocycles. The van der Waals surface area contributed by atoms with Gasteiger partial charge in [-0.05, 0) is 66.1 Å². The highest BCUT2D eigenvalue weighted by atomic mass is 79.9.